The molecule has 4 aromatic carbocycles. The second kappa shape index (κ2) is 11.8. The quantitative estimate of drug-likeness (QED) is 0.0913. The molecule has 200 valence electrons. The van der Waals surface area contributed by atoms with Crippen LogP contribution < -0.4 is 4.74 Å². The second-order valence-electron chi connectivity index (χ2n) is 8.69. The van der Waals surface area contributed by atoms with Crippen molar-refractivity contribution in [2.24, 2.45) is 0 Å². The van der Waals surface area contributed by atoms with Crippen molar-refractivity contribution < 1.29 is 31.8 Å². The SMILES string of the molecule is C=CC(C)(OC(=O)COc1ccc([S+](c2ccccc2)c2ccc(F)cc2)cc1)c1ccc(C(F)(F)F)cc1. The second-order valence-corrected chi connectivity index (χ2v) is 10.7. The molecule has 0 fully saturated rings. The number of alkyl halides is 3. The van der Waals surface area contributed by atoms with Gasteiger partial charge in [-0.05, 0) is 91.4 Å². The van der Waals surface area contributed by atoms with Crippen molar-refractivity contribution in [2.75, 3.05) is 6.61 Å². The van der Waals surface area contributed by atoms with E-state index in [4.69, 9.17) is 9.47 Å². The van der Waals surface area contributed by atoms with Gasteiger partial charge in [-0.15, -0.1) is 0 Å². The van der Waals surface area contributed by atoms with E-state index in [0.717, 1.165) is 26.8 Å². The van der Waals surface area contributed by atoms with E-state index in [0.29, 0.717) is 11.3 Å². The van der Waals surface area contributed by atoms with Gasteiger partial charge in [0.25, 0.3) is 0 Å². The van der Waals surface area contributed by atoms with Crippen LogP contribution in [0.15, 0.2) is 130 Å². The molecule has 39 heavy (non-hydrogen) atoms. The lowest BCUT2D eigenvalue weighted by Gasteiger charge is -2.27. The van der Waals surface area contributed by atoms with Gasteiger partial charge in [0.05, 0.1) is 16.5 Å². The highest BCUT2D eigenvalue weighted by molar-refractivity contribution is 7.97. The molecule has 0 radical (unpaired) electrons. The minimum absolute atomic E-state index is 0.308. The average Bonchev–Trinajstić information content (AvgIpc) is 2.94. The monoisotopic (exact) mass is 553 g/mol. The van der Waals surface area contributed by atoms with E-state index in [-0.39, 0.29) is 5.82 Å². The van der Waals surface area contributed by atoms with Crippen LogP contribution in [0.1, 0.15) is 18.1 Å². The molecule has 0 heterocycles. The van der Waals surface area contributed by atoms with E-state index in [1.165, 1.54) is 37.3 Å². The van der Waals surface area contributed by atoms with Gasteiger partial charge in [0.1, 0.15) is 11.6 Å². The van der Waals surface area contributed by atoms with E-state index < -0.39 is 40.8 Å². The number of esters is 1. The van der Waals surface area contributed by atoms with E-state index in [2.05, 4.69) is 6.58 Å². The third-order valence-corrected chi connectivity index (χ3v) is 8.18. The number of hydrogen-bond acceptors (Lipinski definition) is 3. The van der Waals surface area contributed by atoms with Gasteiger partial charge in [-0.3, -0.25) is 0 Å². The molecule has 0 bridgehead atoms. The van der Waals surface area contributed by atoms with E-state index in [9.17, 15) is 22.4 Å². The highest BCUT2D eigenvalue weighted by Gasteiger charge is 2.33. The van der Waals surface area contributed by atoms with E-state index >= 15 is 0 Å². The molecule has 0 N–H and O–H groups in total. The maximum Gasteiger partial charge on any atom is 0.416 e. The third-order valence-electron chi connectivity index (χ3n) is 5.95. The molecule has 0 amide bonds. The first-order valence-electron chi connectivity index (χ1n) is 11.9. The summed E-state index contributed by atoms with van der Waals surface area (Å²) in [4.78, 5) is 15.5. The van der Waals surface area contributed by atoms with Crippen LogP contribution in [0.2, 0.25) is 0 Å². The van der Waals surface area contributed by atoms with Crippen molar-refractivity contribution >= 4 is 16.9 Å². The Bertz CT molecular complexity index is 1400. The molecule has 0 spiro atoms. The highest BCUT2D eigenvalue weighted by atomic mass is 32.2. The number of rotatable bonds is 9. The van der Waals surface area contributed by atoms with Gasteiger partial charge in [0.2, 0.25) is 0 Å². The Kier molecular flexibility index (Phi) is 8.45. The highest BCUT2D eigenvalue weighted by Crippen LogP contribution is 2.34. The molecule has 0 saturated heterocycles. The summed E-state index contributed by atoms with van der Waals surface area (Å²) >= 11 is 0. The maximum atomic E-state index is 13.5. The topological polar surface area (TPSA) is 35.5 Å². The van der Waals surface area contributed by atoms with Crippen molar-refractivity contribution in [3.63, 3.8) is 0 Å². The van der Waals surface area contributed by atoms with Crippen LogP contribution in [0.3, 0.4) is 0 Å². The normalized spacial score (nSPS) is 13.7. The van der Waals surface area contributed by atoms with Crippen molar-refractivity contribution in [1.82, 2.24) is 0 Å². The van der Waals surface area contributed by atoms with Gasteiger partial charge in [0, 0.05) is 0 Å². The van der Waals surface area contributed by atoms with Crippen LogP contribution in [-0.4, -0.2) is 12.6 Å². The van der Waals surface area contributed by atoms with Crippen LogP contribution in [0, 0.1) is 5.82 Å². The number of carbonyl (C=O) groups is 1. The molecule has 8 heteroatoms. The first kappa shape index (κ1) is 28.0. The lowest BCUT2D eigenvalue weighted by Crippen LogP contribution is -2.29. The van der Waals surface area contributed by atoms with Crippen LogP contribution in [0.5, 0.6) is 5.75 Å². The van der Waals surface area contributed by atoms with Gasteiger partial charge in [-0.25, -0.2) is 9.18 Å². The zero-order valence-electron chi connectivity index (χ0n) is 21.0. The minimum atomic E-state index is -4.47. The molecule has 3 nitrogen and oxygen atoms in total. The van der Waals surface area contributed by atoms with Gasteiger partial charge < -0.3 is 9.47 Å². The Balaban J connectivity index is 1.44. The smallest absolute Gasteiger partial charge is 0.416 e. The predicted molar refractivity (Wildman–Crippen MR) is 142 cm³/mol. The van der Waals surface area contributed by atoms with Crippen LogP contribution >= 0.6 is 0 Å². The van der Waals surface area contributed by atoms with Gasteiger partial charge in [-0.1, -0.05) is 36.9 Å². The Morgan fingerprint density at radius 1 is 0.795 bits per heavy atom. The first-order valence-corrected chi connectivity index (χ1v) is 13.1. The van der Waals surface area contributed by atoms with Crippen molar-refractivity contribution in [1.29, 1.82) is 0 Å². The minimum Gasteiger partial charge on any atom is -0.482 e. The van der Waals surface area contributed by atoms with Crippen molar-refractivity contribution in [2.45, 2.75) is 33.4 Å². The molecule has 0 aliphatic heterocycles. The predicted octanol–water partition coefficient (Wildman–Crippen LogP) is 7.96. The molecule has 2 atom stereocenters. The number of ether oxygens (including phenoxy) is 2. The number of halogens is 4. The number of benzene rings is 4. The fourth-order valence-electron chi connectivity index (χ4n) is 3.82. The Morgan fingerprint density at radius 3 is 1.85 bits per heavy atom. The number of hydrogen-bond donors (Lipinski definition) is 0. The average molecular weight is 554 g/mol. The Labute approximate surface area is 227 Å². The number of carbonyl (C=O) groups excluding carboxylic acids is 1. The molecule has 0 saturated carbocycles. The largest absolute Gasteiger partial charge is 0.482 e. The van der Waals surface area contributed by atoms with Gasteiger partial charge >= 0.3 is 12.1 Å². The zero-order chi connectivity index (χ0) is 28.0. The van der Waals surface area contributed by atoms with Crippen LogP contribution in [-0.2, 0) is 32.2 Å². The van der Waals surface area contributed by atoms with Crippen molar-refractivity contribution in [3.8, 4) is 5.75 Å². The first-order chi connectivity index (χ1) is 18.6. The summed E-state index contributed by atoms with van der Waals surface area (Å²) in [7, 11) is -0.483. The lowest BCUT2D eigenvalue weighted by molar-refractivity contribution is -0.157. The Hall–Kier alpha value is -4.04. The lowest BCUT2D eigenvalue weighted by atomic mass is 9.95. The molecule has 0 aliphatic rings. The van der Waals surface area contributed by atoms with Crippen LogP contribution in [0.4, 0.5) is 17.6 Å². The van der Waals surface area contributed by atoms with E-state index in [1.54, 1.807) is 24.3 Å². The summed E-state index contributed by atoms with van der Waals surface area (Å²) in [6, 6.07) is 27.8. The van der Waals surface area contributed by atoms with Crippen LogP contribution in [0.25, 0.3) is 0 Å². The molecule has 2 unspecified atom stereocenters. The molecule has 4 aromatic rings. The molecule has 4 rings (SSSR count). The standard InChI is InChI=1S/C31H25F4O3S/c1-3-30(2,22-9-11-23(12-10-22)31(33,34)35)38-29(36)21-37-25-15-19-28(20-16-25)39(26-7-5-4-6-8-26)27-17-13-24(32)14-18-27/h3-20H,1,21H2,2H3/q+1. The summed E-state index contributed by atoms with van der Waals surface area (Å²) in [5.74, 6) is -0.588. The maximum absolute atomic E-state index is 13.5. The molecule has 0 aromatic heterocycles. The van der Waals surface area contributed by atoms with Gasteiger partial charge in [-0.2, -0.15) is 13.2 Å². The molecular formula is C31H25F4O3S+. The summed E-state index contributed by atoms with van der Waals surface area (Å²) in [5.41, 5.74) is -1.80. The summed E-state index contributed by atoms with van der Waals surface area (Å²) in [6.45, 7) is 4.80. The van der Waals surface area contributed by atoms with Gasteiger partial charge in [0.15, 0.2) is 26.9 Å². The van der Waals surface area contributed by atoms with E-state index in [1.807, 2.05) is 42.5 Å². The Morgan fingerprint density at radius 2 is 1.31 bits per heavy atom. The van der Waals surface area contributed by atoms with Crippen molar-refractivity contribution in [3.05, 3.63) is 133 Å². The summed E-state index contributed by atoms with van der Waals surface area (Å²) in [6.07, 6.45) is -3.12. The summed E-state index contributed by atoms with van der Waals surface area (Å²) in [5, 5.41) is 0. The fraction of sp³-hybridized carbons (Fsp3) is 0.129. The summed E-state index contributed by atoms with van der Waals surface area (Å²) < 4.78 is 63.3. The molecular weight excluding hydrogens is 528 g/mol. The third kappa shape index (κ3) is 6.89. The zero-order valence-corrected chi connectivity index (χ0v) is 21.8. The fourth-order valence-corrected chi connectivity index (χ4v) is 5.89. The molecule has 0 aliphatic carbocycles.